The molecule has 1 aromatic carbocycles. The Morgan fingerprint density at radius 1 is 1.24 bits per heavy atom. The van der Waals surface area contributed by atoms with Crippen LogP contribution in [0.1, 0.15) is 10.5 Å². The topological polar surface area (TPSA) is 66.2 Å². The number of hydrogen-bond acceptors (Lipinski definition) is 5. The molecule has 0 fully saturated rings. The molecule has 0 amide bonds. The van der Waals surface area contributed by atoms with Crippen molar-refractivity contribution in [1.29, 1.82) is 0 Å². The van der Waals surface area contributed by atoms with E-state index in [-0.39, 0.29) is 0 Å². The van der Waals surface area contributed by atoms with Crippen LogP contribution >= 0.6 is 0 Å². The lowest BCUT2D eigenvalue weighted by molar-refractivity contribution is 0.111. The Morgan fingerprint density at radius 3 is 2.65 bits per heavy atom. The molecule has 0 saturated carbocycles. The Bertz CT molecular complexity index is 537. The van der Waals surface area contributed by atoms with Gasteiger partial charge in [0.25, 0.3) is 0 Å². The van der Waals surface area contributed by atoms with Crippen LogP contribution in [0.2, 0.25) is 0 Å². The van der Waals surface area contributed by atoms with Gasteiger partial charge in [-0.25, -0.2) is 4.68 Å². The largest absolute Gasteiger partial charge is 0.493 e. The van der Waals surface area contributed by atoms with Gasteiger partial charge in [-0.1, -0.05) is 5.21 Å². The SMILES string of the molecule is COc1ccc(-n2nncc2C=O)cc1OC. The molecular weight excluding hydrogens is 222 g/mol. The van der Waals surface area contributed by atoms with Gasteiger partial charge in [0.1, 0.15) is 5.69 Å². The van der Waals surface area contributed by atoms with E-state index < -0.39 is 0 Å². The fourth-order valence-corrected chi connectivity index (χ4v) is 1.48. The van der Waals surface area contributed by atoms with Crippen LogP contribution in [0.5, 0.6) is 11.5 Å². The first kappa shape index (κ1) is 11.1. The predicted octanol–water partition coefficient (Wildman–Crippen LogP) is 1.10. The second-order valence-electron chi connectivity index (χ2n) is 3.23. The molecule has 2 aromatic rings. The summed E-state index contributed by atoms with van der Waals surface area (Å²) >= 11 is 0. The molecule has 0 aliphatic heterocycles. The number of aldehydes is 1. The molecule has 0 saturated heterocycles. The molecule has 0 bridgehead atoms. The van der Waals surface area contributed by atoms with E-state index in [0.717, 1.165) is 0 Å². The van der Waals surface area contributed by atoms with Gasteiger partial charge >= 0.3 is 0 Å². The summed E-state index contributed by atoms with van der Waals surface area (Å²) in [5, 5.41) is 7.50. The minimum absolute atomic E-state index is 0.372. The van der Waals surface area contributed by atoms with Gasteiger partial charge in [0, 0.05) is 6.07 Å². The van der Waals surface area contributed by atoms with Gasteiger partial charge in [0.05, 0.1) is 26.1 Å². The van der Waals surface area contributed by atoms with Crippen LogP contribution in [-0.2, 0) is 0 Å². The molecule has 6 heteroatoms. The number of benzene rings is 1. The third kappa shape index (κ3) is 1.96. The van der Waals surface area contributed by atoms with E-state index in [1.807, 2.05) is 0 Å². The highest BCUT2D eigenvalue weighted by molar-refractivity contribution is 5.72. The Kier molecular flexibility index (Phi) is 3.04. The van der Waals surface area contributed by atoms with Gasteiger partial charge < -0.3 is 9.47 Å². The minimum atomic E-state index is 0.372. The highest BCUT2D eigenvalue weighted by Gasteiger charge is 2.09. The van der Waals surface area contributed by atoms with Crippen LogP contribution in [0.4, 0.5) is 0 Å². The molecule has 17 heavy (non-hydrogen) atoms. The van der Waals surface area contributed by atoms with E-state index in [1.165, 1.54) is 10.9 Å². The molecule has 0 radical (unpaired) electrons. The van der Waals surface area contributed by atoms with Crippen molar-refractivity contribution in [2.45, 2.75) is 0 Å². The Balaban J connectivity index is 2.50. The second kappa shape index (κ2) is 4.65. The Morgan fingerprint density at radius 2 is 2.00 bits per heavy atom. The lowest BCUT2D eigenvalue weighted by Crippen LogP contribution is -2.02. The normalized spacial score (nSPS) is 10.0. The van der Waals surface area contributed by atoms with Crippen LogP contribution in [0.15, 0.2) is 24.4 Å². The summed E-state index contributed by atoms with van der Waals surface area (Å²) in [4.78, 5) is 10.8. The number of hydrogen-bond donors (Lipinski definition) is 0. The summed E-state index contributed by atoms with van der Waals surface area (Å²) in [5.74, 6) is 1.18. The summed E-state index contributed by atoms with van der Waals surface area (Å²) < 4.78 is 11.7. The third-order valence-electron chi connectivity index (χ3n) is 2.31. The highest BCUT2D eigenvalue weighted by Crippen LogP contribution is 2.28. The fourth-order valence-electron chi connectivity index (χ4n) is 1.48. The summed E-state index contributed by atoms with van der Waals surface area (Å²) in [6.45, 7) is 0. The molecule has 0 N–H and O–H groups in total. The maximum atomic E-state index is 10.8. The van der Waals surface area contributed by atoms with E-state index in [0.29, 0.717) is 29.2 Å². The molecule has 2 rings (SSSR count). The molecule has 1 aromatic heterocycles. The van der Waals surface area contributed by atoms with Gasteiger partial charge in [-0.05, 0) is 12.1 Å². The zero-order valence-corrected chi connectivity index (χ0v) is 9.45. The van der Waals surface area contributed by atoms with Crippen molar-refractivity contribution < 1.29 is 14.3 Å². The summed E-state index contributed by atoms with van der Waals surface area (Å²) in [6, 6.07) is 5.23. The van der Waals surface area contributed by atoms with E-state index in [9.17, 15) is 4.79 Å². The Labute approximate surface area is 97.8 Å². The van der Waals surface area contributed by atoms with Crippen molar-refractivity contribution in [3.8, 4) is 17.2 Å². The number of aromatic nitrogens is 3. The summed E-state index contributed by atoms with van der Waals surface area (Å²) in [5.41, 5.74) is 1.06. The quantitative estimate of drug-likeness (QED) is 0.740. The average molecular weight is 233 g/mol. The zero-order valence-electron chi connectivity index (χ0n) is 9.45. The maximum absolute atomic E-state index is 10.8. The van der Waals surface area contributed by atoms with Gasteiger partial charge in [-0.15, -0.1) is 5.10 Å². The van der Waals surface area contributed by atoms with Crippen molar-refractivity contribution in [1.82, 2.24) is 15.0 Å². The average Bonchev–Trinajstić information content (AvgIpc) is 2.86. The first-order valence-corrected chi connectivity index (χ1v) is 4.88. The van der Waals surface area contributed by atoms with Crippen LogP contribution in [0, 0.1) is 0 Å². The van der Waals surface area contributed by atoms with E-state index in [2.05, 4.69) is 10.3 Å². The van der Waals surface area contributed by atoms with Crippen LogP contribution in [0.3, 0.4) is 0 Å². The van der Waals surface area contributed by atoms with E-state index >= 15 is 0 Å². The molecule has 6 nitrogen and oxygen atoms in total. The van der Waals surface area contributed by atoms with Crippen molar-refractivity contribution in [2.24, 2.45) is 0 Å². The van der Waals surface area contributed by atoms with Crippen molar-refractivity contribution in [2.75, 3.05) is 14.2 Å². The van der Waals surface area contributed by atoms with Gasteiger partial charge in [-0.3, -0.25) is 4.79 Å². The zero-order chi connectivity index (χ0) is 12.3. The Hall–Kier alpha value is -2.37. The van der Waals surface area contributed by atoms with Crippen LogP contribution < -0.4 is 9.47 Å². The number of carbonyl (C=O) groups excluding carboxylic acids is 1. The van der Waals surface area contributed by atoms with Gasteiger partial charge in [0.2, 0.25) is 0 Å². The molecule has 0 aliphatic rings. The predicted molar refractivity (Wildman–Crippen MR) is 59.9 cm³/mol. The lowest BCUT2D eigenvalue weighted by atomic mass is 10.2. The van der Waals surface area contributed by atoms with Crippen molar-refractivity contribution >= 4 is 6.29 Å². The smallest absolute Gasteiger partial charge is 0.170 e. The fraction of sp³-hybridized carbons (Fsp3) is 0.182. The third-order valence-corrected chi connectivity index (χ3v) is 2.31. The minimum Gasteiger partial charge on any atom is -0.493 e. The van der Waals surface area contributed by atoms with Gasteiger partial charge in [-0.2, -0.15) is 0 Å². The number of ether oxygens (including phenoxy) is 2. The maximum Gasteiger partial charge on any atom is 0.170 e. The molecule has 88 valence electrons. The molecule has 0 aliphatic carbocycles. The first-order chi connectivity index (χ1) is 8.30. The summed E-state index contributed by atoms with van der Waals surface area (Å²) in [7, 11) is 3.10. The van der Waals surface area contributed by atoms with Crippen molar-refractivity contribution in [3.05, 3.63) is 30.1 Å². The van der Waals surface area contributed by atoms with E-state index in [4.69, 9.17) is 9.47 Å². The standard InChI is InChI=1S/C11H11N3O3/c1-16-10-4-3-8(5-11(10)17-2)14-9(7-15)6-12-13-14/h3-7H,1-2H3. The highest BCUT2D eigenvalue weighted by atomic mass is 16.5. The van der Waals surface area contributed by atoms with Gasteiger partial charge in [0.15, 0.2) is 17.8 Å². The molecule has 0 unspecified atom stereocenters. The molecular formula is C11H11N3O3. The molecule has 0 atom stereocenters. The number of nitrogens with zero attached hydrogens (tertiary/aromatic N) is 3. The molecule has 1 heterocycles. The number of rotatable bonds is 4. The van der Waals surface area contributed by atoms with Crippen LogP contribution in [0.25, 0.3) is 5.69 Å². The van der Waals surface area contributed by atoms with E-state index in [1.54, 1.807) is 32.4 Å². The number of methoxy groups -OCH3 is 2. The lowest BCUT2D eigenvalue weighted by Gasteiger charge is -2.09. The number of carbonyl (C=O) groups is 1. The second-order valence-corrected chi connectivity index (χ2v) is 3.23. The summed E-state index contributed by atoms with van der Waals surface area (Å²) in [6.07, 6.45) is 2.08. The molecule has 0 spiro atoms. The van der Waals surface area contributed by atoms with Crippen LogP contribution in [-0.4, -0.2) is 35.5 Å². The monoisotopic (exact) mass is 233 g/mol. The first-order valence-electron chi connectivity index (χ1n) is 4.88. The van der Waals surface area contributed by atoms with Crippen molar-refractivity contribution in [3.63, 3.8) is 0 Å².